The normalized spacial score (nSPS) is 23.1. The molecule has 1 aromatic carbocycles. The number of hydrogen-bond donors (Lipinski definition) is 2. The summed E-state index contributed by atoms with van der Waals surface area (Å²) in [5.41, 5.74) is -1.28. The molecule has 0 bridgehead atoms. The number of nitrogens with one attached hydrogen (secondary N) is 2. The highest BCUT2D eigenvalue weighted by molar-refractivity contribution is 6.31. The Balaban J connectivity index is 2.15. The number of hydrogen-bond acceptors (Lipinski definition) is 3. The van der Waals surface area contributed by atoms with Crippen molar-refractivity contribution in [1.82, 2.24) is 4.90 Å². The molecule has 29 heavy (non-hydrogen) atoms. The molecule has 1 fully saturated rings. The fourth-order valence-corrected chi connectivity index (χ4v) is 3.59. The number of halogens is 7. The van der Waals surface area contributed by atoms with Gasteiger partial charge in [-0.15, -0.1) is 0 Å². The van der Waals surface area contributed by atoms with E-state index in [1.165, 1.54) is 30.4 Å². The van der Waals surface area contributed by atoms with E-state index < -0.39 is 48.3 Å². The molecular formula is C18H14ClF6N3O. The molecule has 1 saturated heterocycles. The van der Waals surface area contributed by atoms with E-state index in [-0.39, 0.29) is 22.6 Å². The van der Waals surface area contributed by atoms with Crippen molar-refractivity contribution in [1.29, 1.82) is 10.8 Å². The van der Waals surface area contributed by atoms with Crippen molar-refractivity contribution in [2.24, 2.45) is 0 Å². The van der Waals surface area contributed by atoms with Crippen LogP contribution in [-0.4, -0.2) is 35.4 Å². The number of allylic oxidation sites excluding steroid dienone is 2. The van der Waals surface area contributed by atoms with E-state index in [0.717, 1.165) is 6.07 Å². The van der Waals surface area contributed by atoms with Crippen LogP contribution in [0.3, 0.4) is 0 Å². The Hall–Kier alpha value is -2.33. The van der Waals surface area contributed by atoms with Gasteiger partial charge in [0.25, 0.3) is 0 Å². The summed E-state index contributed by atoms with van der Waals surface area (Å²) in [5.74, 6) is -2.47. The van der Waals surface area contributed by atoms with Gasteiger partial charge in [-0.05, 0) is 29.7 Å². The van der Waals surface area contributed by atoms with Crippen LogP contribution in [0.2, 0.25) is 0 Å². The van der Waals surface area contributed by atoms with Gasteiger partial charge < -0.3 is 9.64 Å². The Bertz CT molecular complexity index is 906. The lowest BCUT2D eigenvalue weighted by molar-refractivity contribution is -0.139. The van der Waals surface area contributed by atoms with Crippen molar-refractivity contribution in [2.45, 2.75) is 30.9 Å². The molecule has 0 aromatic heterocycles. The maximum absolute atomic E-state index is 13.5. The molecule has 4 nitrogen and oxygen atoms in total. The number of fused-ring (bicyclic) bond motifs is 1. The highest BCUT2D eigenvalue weighted by atomic mass is 35.5. The van der Waals surface area contributed by atoms with Gasteiger partial charge in [0.15, 0.2) is 0 Å². The molecule has 1 aliphatic heterocycles. The molecule has 156 valence electrons. The first kappa shape index (κ1) is 21.4. The molecule has 0 amide bonds. The first-order chi connectivity index (χ1) is 13.4. The Morgan fingerprint density at radius 3 is 2.41 bits per heavy atom. The summed E-state index contributed by atoms with van der Waals surface area (Å²) in [4.78, 5) is 0.432. The van der Waals surface area contributed by atoms with Crippen LogP contribution in [0.4, 0.5) is 26.3 Å². The third kappa shape index (κ3) is 4.18. The summed E-state index contributed by atoms with van der Waals surface area (Å²) in [7, 11) is 0. The van der Waals surface area contributed by atoms with Crippen molar-refractivity contribution in [2.75, 3.05) is 6.61 Å². The van der Waals surface area contributed by atoms with Crippen LogP contribution in [0, 0.1) is 10.8 Å². The Morgan fingerprint density at radius 1 is 1.14 bits per heavy atom. The Kier molecular flexibility index (Phi) is 5.52. The molecule has 0 spiro atoms. The zero-order valence-electron chi connectivity index (χ0n) is 14.5. The molecule has 1 aliphatic carbocycles. The van der Waals surface area contributed by atoms with Gasteiger partial charge in [0, 0.05) is 5.03 Å². The van der Waals surface area contributed by atoms with E-state index in [2.05, 4.69) is 0 Å². The van der Waals surface area contributed by atoms with E-state index >= 15 is 0 Å². The Labute approximate surface area is 166 Å². The third-order valence-electron chi connectivity index (χ3n) is 4.58. The lowest BCUT2D eigenvalue weighted by atomic mass is 9.87. The van der Waals surface area contributed by atoms with Crippen LogP contribution >= 0.6 is 11.6 Å². The molecule has 0 saturated carbocycles. The number of nitrogens with zero attached hydrogens (tertiary/aromatic N) is 1. The second-order valence-corrected chi connectivity index (χ2v) is 6.86. The highest BCUT2D eigenvalue weighted by Crippen LogP contribution is 2.43. The molecule has 3 rings (SSSR count). The van der Waals surface area contributed by atoms with Gasteiger partial charge in [-0.1, -0.05) is 35.9 Å². The molecule has 2 N–H and O–H groups in total. The van der Waals surface area contributed by atoms with E-state index in [9.17, 15) is 26.3 Å². The lowest BCUT2D eigenvalue weighted by Gasteiger charge is -2.35. The van der Waals surface area contributed by atoms with Gasteiger partial charge in [-0.25, -0.2) is 0 Å². The van der Waals surface area contributed by atoms with Crippen molar-refractivity contribution < 1.29 is 31.1 Å². The molecular weight excluding hydrogens is 424 g/mol. The van der Waals surface area contributed by atoms with Gasteiger partial charge >= 0.3 is 12.4 Å². The fourth-order valence-electron chi connectivity index (χ4n) is 3.38. The Morgan fingerprint density at radius 2 is 1.79 bits per heavy atom. The van der Waals surface area contributed by atoms with Gasteiger partial charge in [0.1, 0.15) is 18.5 Å². The average molecular weight is 438 g/mol. The number of benzene rings is 1. The summed E-state index contributed by atoms with van der Waals surface area (Å²) < 4.78 is 85.6. The maximum atomic E-state index is 13.5. The second-order valence-electron chi connectivity index (χ2n) is 6.42. The first-order valence-electron chi connectivity index (χ1n) is 8.28. The quantitative estimate of drug-likeness (QED) is 0.350. The number of amidine groups is 2. The van der Waals surface area contributed by atoms with Crippen molar-refractivity contribution in [3.05, 3.63) is 58.1 Å². The van der Waals surface area contributed by atoms with E-state index in [4.69, 9.17) is 27.2 Å². The van der Waals surface area contributed by atoms with Crippen LogP contribution in [0.25, 0.3) is 0 Å². The molecule has 11 heteroatoms. The fraction of sp³-hybridized carbons (Fsp3) is 0.333. The standard InChI is InChI=1S/C18H14ClF6N3O/c19-9-5-6-13-11(7-9)15(10-3-1-2-4-12(10)17(20,21)22)29-8-14(26)28(13)16(27)18(23,24)25/h1-5,7,13,15,26-27H,6,8H2/t13?,15-/m1/s1. The first-order valence-corrected chi connectivity index (χ1v) is 8.66. The minimum Gasteiger partial charge on any atom is -0.361 e. The average Bonchev–Trinajstić information content (AvgIpc) is 2.75. The monoisotopic (exact) mass is 437 g/mol. The zero-order chi connectivity index (χ0) is 21.6. The van der Waals surface area contributed by atoms with Crippen LogP contribution in [0.15, 0.2) is 47.0 Å². The van der Waals surface area contributed by atoms with Gasteiger partial charge in [-0.3, -0.25) is 10.8 Å². The van der Waals surface area contributed by atoms with Crippen molar-refractivity contribution in [3.63, 3.8) is 0 Å². The summed E-state index contributed by atoms with van der Waals surface area (Å²) in [5, 5.41) is 15.6. The number of alkyl halides is 6. The van der Waals surface area contributed by atoms with E-state index in [1.54, 1.807) is 0 Å². The summed E-state index contributed by atoms with van der Waals surface area (Å²) in [6.45, 7) is -0.708. The summed E-state index contributed by atoms with van der Waals surface area (Å²) >= 11 is 5.98. The topological polar surface area (TPSA) is 60.2 Å². The predicted octanol–water partition coefficient (Wildman–Crippen LogP) is 5.42. The molecule has 1 heterocycles. The van der Waals surface area contributed by atoms with Crippen LogP contribution in [0.5, 0.6) is 0 Å². The molecule has 1 aromatic rings. The summed E-state index contributed by atoms with van der Waals surface area (Å²) in [6, 6.07) is 3.34. The lowest BCUT2D eigenvalue weighted by Crippen LogP contribution is -2.50. The van der Waals surface area contributed by atoms with Gasteiger partial charge in [-0.2, -0.15) is 26.3 Å². The predicted molar refractivity (Wildman–Crippen MR) is 93.9 cm³/mol. The number of ether oxygens (including phenoxy) is 1. The smallest absolute Gasteiger partial charge is 0.361 e. The largest absolute Gasteiger partial charge is 0.449 e. The SMILES string of the molecule is N=C1CO[C@H](c2ccccc2C(F)(F)F)C2=CC(Cl)=CCC2N1C(=N)C(F)(F)F. The molecule has 2 aliphatic rings. The minimum absolute atomic E-state index is 0.0189. The number of rotatable bonds is 1. The van der Waals surface area contributed by atoms with E-state index in [0.29, 0.717) is 4.90 Å². The van der Waals surface area contributed by atoms with E-state index in [1.807, 2.05) is 0 Å². The van der Waals surface area contributed by atoms with Gasteiger partial charge in [0.2, 0.25) is 5.84 Å². The molecule has 1 unspecified atom stereocenters. The zero-order valence-corrected chi connectivity index (χ0v) is 15.3. The van der Waals surface area contributed by atoms with Crippen molar-refractivity contribution >= 4 is 23.3 Å². The second kappa shape index (κ2) is 7.49. The summed E-state index contributed by atoms with van der Waals surface area (Å²) in [6.07, 6.45) is -8.65. The van der Waals surface area contributed by atoms with Crippen molar-refractivity contribution in [3.8, 4) is 0 Å². The minimum atomic E-state index is -5.05. The third-order valence-corrected chi connectivity index (χ3v) is 4.84. The highest BCUT2D eigenvalue weighted by Gasteiger charge is 2.47. The molecule has 0 radical (unpaired) electrons. The van der Waals surface area contributed by atoms with Gasteiger partial charge in [0.05, 0.1) is 11.6 Å². The van der Waals surface area contributed by atoms with Crippen LogP contribution in [-0.2, 0) is 10.9 Å². The molecule has 2 atom stereocenters. The maximum Gasteiger partial charge on any atom is 0.449 e. The van der Waals surface area contributed by atoms with Crippen LogP contribution in [0.1, 0.15) is 23.7 Å². The van der Waals surface area contributed by atoms with Crippen LogP contribution < -0.4 is 0 Å².